The lowest BCUT2D eigenvalue weighted by molar-refractivity contribution is 0.407. The van der Waals surface area contributed by atoms with Crippen LogP contribution in [0.25, 0.3) is 0 Å². The minimum absolute atomic E-state index is 0.208. The van der Waals surface area contributed by atoms with E-state index in [0.717, 1.165) is 0 Å². The van der Waals surface area contributed by atoms with Gasteiger partial charge in [-0.2, -0.15) is 0 Å². The molecule has 0 fully saturated rings. The number of nitrogens with two attached hydrogens (primary N) is 1. The molecule has 0 aliphatic rings. The molecule has 0 spiro atoms. The van der Waals surface area contributed by atoms with Crippen LogP contribution >= 0.6 is 22.6 Å². The van der Waals surface area contributed by atoms with E-state index in [9.17, 15) is 4.79 Å². The van der Waals surface area contributed by atoms with Crippen LogP contribution in [0.3, 0.4) is 0 Å². The van der Waals surface area contributed by atoms with Crippen molar-refractivity contribution in [2.24, 2.45) is 0 Å². The molecule has 94 valence electrons. The van der Waals surface area contributed by atoms with Crippen molar-refractivity contribution in [2.75, 3.05) is 12.8 Å². The van der Waals surface area contributed by atoms with Crippen LogP contribution in [-0.4, -0.2) is 17.1 Å². The molecule has 0 aliphatic heterocycles. The van der Waals surface area contributed by atoms with E-state index in [0.29, 0.717) is 20.8 Å². The van der Waals surface area contributed by atoms with Gasteiger partial charge < -0.3 is 20.2 Å². The van der Waals surface area contributed by atoms with Gasteiger partial charge in [0.1, 0.15) is 9.32 Å². The number of nitrogens with one attached hydrogen (secondary N) is 1. The second-order valence-electron chi connectivity index (χ2n) is 3.36. The first-order valence-corrected chi connectivity index (χ1v) is 6.04. The van der Waals surface area contributed by atoms with E-state index in [1.54, 1.807) is 25.3 Å². The van der Waals surface area contributed by atoms with Gasteiger partial charge >= 0.3 is 0 Å². The number of halogens is 1. The Hall–Kier alpha value is -1.77. The third kappa shape index (κ3) is 2.55. The number of benzene rings is 1. The predicted octanol–water partition coefficient (Wildman–Crippen LogP) is 1.76. The number of aromatic nitrogens is 2. The Morgan fingerprint density at radius 3 is 2.94 bits per heavy atom. The van der Waals surface area contributed by atoms with Crippen molar-refractivity contribution in [1.29, 1.82) is 0 Å². The van der Waals surface area contributed by atoms with Gasteiger partial charge in [-0.15, -0.1) is 0 Å². The molecule has 0 saturated heterocycles. The van der Waals surface area contributed by atoms with E-state index >= 15 is 0 Å². The van der Waals surface area contributed by atoms with Gasteiger partial charge in [-0.1, -0.05) is 0 Å². The van der Waals surface area contributed by atoms with Crippen LogP contribution in [-0.2, 0) is 0 Å². The molecule has 1 heterocycles. The first kappa shape index (κ1) is 12.7. The molecule has 0 amide bonds. The molecule has 0 radical (unpaired) electrons. The van der Waals surface area contributed by atoms with Crippen molar-refractivity contribution in [3.63, 3.8) is 0 Å². The number of ether oxygens (including phenoxy) is 2. The molecule has 0 bridgehead atoms. The summed E-state index contributed by atoms with van der Waals surface area (Å²) in [6.45, 7) is 0. The van der Waals surface area contributed by atoms with Crippen LogP contribution in [0.5, 0.6) is 17.4 Å². The van der Waals surface area contributed by atoms with Crippen LogP contribution < -0.4 is 20.8 Å². The van der Waals surface area contributed by atoms with Crippen molar-refractivity contribution in [2.45, 2.75) is 0 Å². The molecule has 1 aromatic carbocycles. The zero-order chi connectivity index (χ0) is 13.1. The second kappa shape index (κ2) is 5.25. The van der Waals surface area contributed by atoms with Gasteiger partial charge in [0.25, 0.3) is 5.56 Å². The smallest absolute Gasteiger partial charge is 0.268 e. The summed E-state index contributed by atoms with van der Waals surface area (Å²) in [6, 6.07) is 5.01. The van der Waals surface area contributed by atoms with Gasteiger partial charge in [-0.05, 0) is 34.7 Å². The van der Waals surface area contributed by atoms with Gasteiger partial charge in [0.15, 0.2) is 5.75 Å². The van der Waals surface area contributed by atoms with Crippen LogP contribution in [0.2, 0.25) is 0 Å². The van der Waals surface area contributed by atoms with Crippen molar-refractivity contribution in [3.8, 4) is 17.4 Å². The van der Waals surface area contributed by atoms with Crippen LogP contribution in [0.1, 0.15) is 0 Å². The zero-order valence-electron chi connectivity index (χ0n) is 9.44. The third-order valence-electron chi connectivity index (χ3n) is 2.19. The second-order valence-corrected chi connectivity index (χ2v) is 4.44. The average molecular weight is 359 g/mol. The molecule has 0 unspecified atom stereocenters. The monoisotopic (exact) mass is 359 g/mol. The number of nitrogen functional groups attached to an aromatic ring is 1. The summed E-state index contributed by atoms with van der Waals surface area (Å²) in [5.41, 5.74) is 5.96. The van der Waals surface area contributed by atoms with Gasteiger partial charge in [0.05, 0.1) is 19.1 Å². The molecule has 3 N–H and O–H groups in total. The standard InChI is InChI=1S/C11H10IN3O3/c1-17-6-2-3-7(13)8(4-6)18-11-9(12)10(16)14-5-15-11/h2-5H,13H2,1H3,(H,14,15,16). The normalized spacial score (nSPS) is 10.1. The first-order chi connectivity index (χ1) is 8.61. The molecular weight excluding hydrogens is 349 g/mol. The number of hydrogen-bond acceptors (Lipinski definition) is 5. The largest absolute Gasteiger partial charge is 0.497 e. The highest BCUT2D eigenvalue weighted by Gasteiger charge is 2.10. The Morgan fingerprint density at radius 1 is 1.44 bits per heavy atom. The van der Waals surface area contributed by atoms with E-state index in [1.165, 1.54) is 6.33 Å². The maximum absolute atomic E-state index is 11.4. The summed E-state index contributed by atoms with van der Waals surface area (Å²) < 4.78 is 11.0. The zero-order valence-corrected chi connectivity index (χ0v) is 11.6. The number of H-pyrrole nitrogens is 1. The van der Waals surface area contributed by atoms with Gasteiger partial charge in [-0.25, -0.2) is 4.98 Å². The summed E-state index contributed by atoms with van der Waals surface area (Å²) >= 11 is 1.86. The average Bonchev–Trinajstić information content (AvgIpc) is 2.37. The van der Waals surface area contributed by atoms with Crippen molar-refractivity contribution in [1.82, 2.24) is 9.97 Å². The Labute approximate surface area is 116 Å². The van der Waals surface area contributed by atoms with Gasteiger partial charge in [0, 0.05) is 6.07 Å². The molecule has 0 aliphatic carbocycles. The number of anilines is 1. The summed E-state index contributed by atoms with van der Waals surface area (Å²) in [6.07, 6.45) is 1.27. The minimum Gasteiger partial charge on any atom is -0.497 e. The lowest BCUT2D eigenvalue weighted by Gasteiger charge is -2.09. The van der Waals surface area contributed by atoms with Crippen LogP contribution in [0, 0.1) is 3.57 Å². The van der Waals surface area contributed by atoms with Crippen LogP contribution in [0.4, 0.5) is 5.69 Å². The van der Waals surface area contributed by atoms with E-state index in [-0.39, 0.29) is 11.4 Å². The van der Waals surface area contributed by atoms with Crippen molar-refractivity contribution < 1.29 is 9.47 Å². The molecule has 18 heavy (non-hydrogen) atoms. The minimum atomic E-state index is -0.262. The molecule has 1 aromatic heterocycles. The Balaban J connectivity index is 2.39. The Kier molecular flexibility index (Phi) is 3.70. The lowest BCUT2D eigenvalue weighted by atomic mass is 10.3. The summed E-state index contributed by atoms with van der Waals surface area (Å²) in [5.74, 6) is 1.21. The van der Waals surface area contributed by atoms with E-state index in [1.807, 2.05) is 22.6 Å². The fourth-order valence-corrected chi connectivity index (χ4v) is 1.68. The van der Waals surface area contributed by atoms with E-state index in [4.69, 9.17) is 15.2 Å². The molecule has 0 atom stereocenters. The molecule has 6 nitrogen and oxygen atoms in total. The highest BCUT2D eigenvalue weighted by atomic mass is 127. The van der Waals surface area contributed by atoms with E-state index < -0.39 is 0 Å². The quantitative estimate of drug-likeness (QED) is 0.644. The molecule has 7 heteroatoms. The fourth-order valence-electron chi connectivity index (χ4n) is 1.27. The lowest BCUT2D eigenvalue weighted by Crippen LogP contribution is -2.11. The van der Waals surface area contributed by atoms with Crippen molar-refractivity contribution in [3.05, 3.63) is 38.5 Å². The Morgan fingerprint density at radius 2 is 2.22 bits per heavy atom. The molecular formula is C11H10IN3O3. The van der Waals surface area contributed by atoms with Gasteiger partial charge in [0.2, 0.25) is 5.88 Å². The summed E-state index contributed by atoms with van der Waals surface area (Å²) in [5, 5.41) is 0. The molecule has 2 rings (SSSR count). The van der Waals surface area contributed by atoms with Crippen molar-refractivity contribution >= 4 is 28.3 Å². The maximum Gasteiger partial charge on any atom is 0.268 e. The maximum atomic E-state index is 11.4. The number of nitrogens with zero attached hydrogens (tertiary/aromatic N) is 1. The molecule has 0 saturated carbocycles. The SMILES string of the molecule is COc1ccc(N)c(Oc2nc[nH]c(=O)c2I)c1. The first-order valence-electron chi connectivity index (χ1n) is 4.96. The number of methoxy groups -OCH3 is 1. The van der Waals surface area contributed by atoms with Gasteiger partial charge in [-0.3, -0.25) is 4.79 Å². The third-order valence-corrected chi connectivity index (χ3v) is 3.14. The topological polar surface area (TPSA) is 90.2 Å². The fraction of sp³-hybridized carbons (Fsp3) is 0.0909. The highest BCUT2D eigenvalue weighted by Crippen LogP contribution is 2.31. The number of hydrogen-bond donors (Lipinski definition) is 2. The highest BCUT2D eigenvalue weighted by molar-refractivity contribution is 14.1. The van der Waals surface area contributed by atoms with Crippen LogP contribution in [0.15, 0.2) is 29.3 Å². The molecule has 2 aromatic rings. The van der Waals surface area contributed by atoms with E-state index in [2.05, 4.69) is 9.97 Å². The predicted molar refractivity (Wildman–Crippen MR) is 75.1 cm³/mol. The summed E-state index contributed by atoms with van der Waals surface area (Å²) in [7, 11) is 1.55. The number of rotatable bonds is 3. The number of aromatic amines is 1. The Bertz CT molecular complexity index is 627. The summed E-state index contributed by atoms with van der Waals surface area (Å²) in [4.78, 5) is 17.8.